The SMILES string of the molecule is COc1cc2cc(C(=O)N[O-])sc2cc1OC. The average Bonchev–Trinajstić information content (AvgIpc) is 2.78. The van der Waals surface area contributed by atoms with Gasteiger partial charge in [0.05, 0.1) is 19.1 Å². The lowest BCUT2D eigenvalue weighted by Gasteiger charge is -2.06. The number of hydroxylamine groups is 1. The van der Waals surface area contributed by atoms with Crippen LogP contribution in [0.2, 0.25) is 0 Å². The third-order valence-corrected chi connectivity index (χ3v) is 3.44. The molecule has 0 bridgehead atoms. The van der Waals surface area contributed by atoms with E-state index in [0.29, 0.717) is 16.4 Å². The fourth-order valence-corrected chi connectivity index (χ4v) is 2.49. The summed E-state index contributed by atoms with van der Waals surface area (Å²) in [4.78, 5) is 11.6. The topological polar surface area (TPSA) is 70.6 Å². The Hall–Kier alpha value is -1.79. The van der Waals surface area contributed by atoms with Crippen LogP contribution in [0, 0.1) is 5.21 Å². The maximum atomic E-state index is 11.2. The monoisotopic (exact) mass is 252 g/mol. The maximum absolute atomic E-state index is 11.2. The predicted molar refractivity (Wildman–Crippen MR) is 65.8 cm³/mol. The molecule has 0 saturated carbocycles. The van der Waals surface area contributed by atoms with Gasteiger partial charge in [-0.1, -0.05) is 0 Å². The van der Waals surface area contributed by atoms with Crippen molar-refractivity contribution in [3.05, 3.63) is 28.3 Å². The molecule has 1 N–H and O–H groups in total. The van der Waals surface area contributed by atoms with Crippen molar-refractivity contribution in [2.24, 2.45) is 0 Å². The number of carbonyl (C=O) groups is 1. The molecule has 0 fully saturated rings. The van der Waals surface area contributed by atoms with Crippen LogP contribution in [0.5, 0.6) is 11.5 Å². The van der Waals surface area contributed by atoms with E-state index in [1.54, 1.807) is 32.4 Å². The largest absolute Gasteiger partial charge is 0.759 e. The van der Waals surface area contributed by atoms with Crippen molar-refractivity contribution < 1.29 is 14.3 Å². The summed E-state index contributed by atoms with van der Waals surface area (Å²) in [5.41, 5.74) is 1.36. The molecule has 5 nitrogen and oxygen atoms in total. The van der Waals surface area contributed by atoms with Crippen LogP contribution in [0.15, 0.2) is 18.2 Å². The Morgan fingerprint density at radius 1 is 1.24 bits per heavy atom. The summed E-state index contributed by atoms with van der Waals surface area (Å²) in [5, 5.41) is 11.2. The number of hydrogen-bond donors (Lipinski definition) is 1. The molecular weight excluding hydrogens is 242 g/mol. The summed E-state index contributed by atoms with van der Waals surface area (Å²) >= 11 is 1.23. The van der Waals surface area contributed by atoms with E-state index in [1.807, 2.05) is 0 Å². The molecule has 1 amide bonds. The number of amides is 1. The molecule has 2 aromatic rings. The molecule has 0 atom stereocenters. The fourth-order valence-electron chi connectivity index (χ4n) is 1.53. The molecule has 1 heterocycles. The first-order valence-corrected chi connectivity index (χ1v) is 5.59. The highest BCUT2D eigenvalue weighted by Gasteiger charge is 2.11. The number of nitrogens with one attached hydrogen (secondary N) is 1. The third-order valence-electron chi connectivity index (χ3n) is 2.34. The number of methoxy groups -OCH3 is 2. The van der Waals surface area contributed by atoms with E-state index in [2.05, 4.69) is 0 Å². The molecule has 1 aromatic heterocycles. The van der Waals surface area contributed by atoms with Gasteiger partial charge < -0.3 is 20.2 Å². The zero-order chi connectivity index (χ0) is 12.4. The van der Waals surface area contributed by atoms with Crippen molar-refractivity contribution >= 4 is 27.3 Å². The Bertz CT molecular complexity index is 523. The molecule has 0 aliphatic heterocycles. The van der Waals surface area contributed by atoms with Gasteiger partial charge in [0.25, 0.3) is 5.91 Å². The predicted octanol–water partition coefficient (Wildman–Crippen LogP) is 2.15. The summed E-state index contributed by atoms with van der Waals surface area (Å²) in [5.74, 6) is 0.548. The number of benzene rings is 1. The quantitative estimate of drug-likeness (QED) is 0.849. The van der Waals surface area contributed by atoms with Gasteiger partial charge in [-0.05, 0) is 17.5 Å². The normalized spacial score (nSPS) is 10.3. The molecule has 17 heavy (non-hydrogen) atoms. The minimum absolute atomic E-state index is 0.366. The Labute approximate surface area is 102 Å². The Kier molecular flexibility index (Phi) is 3.16. The van der Waals surface area contributed by atoms with Crippen LogP contribution in [-0.2, 0) is 0 Å². The molecular formula is C11H10NO4S-. The van der Waals surface area contributed by atoms with E-state index < -0.39 is 5.91 Å². The summed E-state index contributed by atoms with van der Waals surface area (Å²) < 4.78 is 11.2. The van der Waals surface area contributed by atoms with Gasteiger partial charge in [0.1, 0.15) is 0 Å². The van der Waals surface area contributed by atoms with Crippen LogP contribution in [0.3, 0.4) is 0 Å². The van der Waals surface area contributed by atoms with Crippen molar-refractivity contribution in [1.29, 1.82) is 0 Å². The van der Waals surface area contributed by atoms with E-state index in [9.17, 15) is 10.0 Å². The molecule has 0 saturated heterocycles. The lowest BCUT2D eigenvalue weighted by Crippen LogP contribution is -2.13. The molecule has 0 aliphatic carbocycles. The summed E-state index contributed by atoms with van der Waals surface area (Å²) in [6.07, 6.45) is 0. The van der Waals surface area contributed by atoms with Gasteiger partial charge in [-0.2, -0.15) is 0 Å². The van der Waals surface area contributed by atoms with Crippen LogP contribution >= 0.6 is 11.3 Å². The molecule has 2 rings (SSSR count). The highest BCUT2D eigenvalue weighted by atomic mass is 32.1. The molecule has 1 aromatic carbocycles. The fraction of sp³-hybridized carbons (Fsp3) is 0.182. The van der Waals surface area contributed by atoms with Crippen molar-refractivity contribution in [1.82, 2.24) is 5.48 Å². The number of fused-ring (bicyclic) bond motifs is 1. The van der Waals surface area contributed by atoms with Crippen LogP contribution in [-0.4, -0.2) is 20.1 Å². The van der Waals surface area contributed by atoms with Gasteiger partial charge in [0.15, 0.2) is 11.5 Å². The average molecular weight is 252 g/mol. The zero-order valence-electron chi connectivity index (χ0n) is 9.27. The first-order chi connectivity index (χ1) is 8.19. The molecule has 0 aliphatic rings. The number of hydrogen-bond acceptors (Lipinski definition) is 5. The van der Waals surface area contributed by atoms with Crippen LogP contribution in [0.25, 0.3) is 10.1 Å². The molecule has 90 valence electrons. The Morgan fingerprint density at radius 3 is 2.47 bits per heavy atom. The van der Waals surface area contributed by atoms with E-state index in [1.165, 1.54) is 16.8 Å². The minimum Gasteiger partial charge on any atom is -0.759 e. The van der Waals surface area contributed by atoms with E-state index in [0.717, 1.165) is 10.1 Å². The third kappa shape index (κ3) is 2.04. The number of rotatable bonds is 3. The zero-order valence-corrected chi connectivity index (χ0v) is 10.1. The summed E-state index contributed by atoms with van der Waals surface area (Å²) in [6, 6.07) is 5.20. The first kappa shape index (κ1) is 11.7. The molecule has 0 unspecified atom stereocenters. The summed E-state index contributed by atoms with van der Waals surface area (Å²) in [6.45, 7) is 0. The minimum atomic E-state index is -0.635. The summed E-state index contributed by atoms with van der Waals surface area (Å²) in [7, 11) is 3.09. The second kappa shape index (κ2) is 4.60. The van der Waals surface area contributed by atoms with Crippen molar-refractivity contribution in [2.75, 3.05) is 14.2 Å². The van der Waals surface area contributed by atoms with Gasteiger partial charge in [0.2, 0.25) is 0 Å². The van der Waals surface area contributed by atoms with E-state index >= 15 is 0 Å². The van der Waals surface area contributed by atoms with Gasteiger partial charge >= 0.3 is 0 Å². The van der Waals surface area contributed by atoms with Gasteiger partial charge in [-0.25, -0.2) is 0 Å². The van der Waals surface area contributed by atoms with Crippen LogP contribution in [0.1, 0.15) is 9.67 Å². The number of thiophene rings is 1. The Balaban J connectivity index is 2.57. The van der Waals surface area contributed by atoms with Crippen LogP contribution < -0.4 is 15.0 Å². The Morgan fingerprint density at radius 2 is 1.88 bits per heavy atom. The lowest BCUT2D eigenvalue weighted by molar-refractivity contribution is 0.0974. The smallest absolute Gasteiger partial charge is 0.250 e. The second-order valence-corrected chi connectivity index (χ2v) is 4.37. The van der Waals surface area contributed by atoms with Gasteiger partial charge in [-0.3, -0.25) is 4.79 Å². The van der Waals surface area contributed by atoms with Crippen molar-refractivity contribution in [3.63, 3.8) is 0 Å². The maximum Gasteiger partial charge on any atom is 0.250 e. The van der Waals surface area contributed by atoms with Gasteiger partial charge in [0, 0.05) is 10.8 Å². The molecule has 0 radical (unpaired) electrons. The number of carbonyl (C=O) groups excluding carboxylic acids is 1. The lowest BCUT2D eigenvalue weighted by atomic mass is 10.2. The standard InChI is InChI=1S/C11H10NO4S/c1-15-7-3-6-4-10(11(13)12-14)17-9(6)5-8(7)16-2/h3-5H,1-2H3,(H-,12,13,14)/q-1. The van der Waals surface area contributed by atoms with Crippen LogP contribution in [0.4, 0.5) is 0 Å². The first-order valence-electron chi connectivity index (χ1n) is 4.77. The van der Waals surface area contributed by atoms with E-state index in [-0.39, 0.29) is 0 Å². The van der Waals surface area contributed by atoms with E-state index in [4.69, 9.17) is 9.47 Å². The number of ether oxygens (including phenoxy) is 2. The molecule has 6 heteroatoms. The molecule has 0 spiro atoms. The van der Waals surface area contributed by atoms with Crippen molar-refractivity contribution in [3.8, 4) is 11.5 Å². The second-order valence-electron chi connectivity index (χ2n) is 3.29. The highest BCUT2D eigenvalue weighted by Crippen LogP contribution is 2.36. The van der Waals surface area contributed by atoms with Gasteiger partial charge in [-0.15, -0.1) is 11.3 Å². The van der Waals surface area contributed by atoms with Crippen molar-refractivity contribution in [2.45, 2.75) is 0 Å². The highest BCUT2D eigenvalue weighted by molar-refractivity contribution is 7.20.